The number of phenolic OH excluding ortho intramolecular Hbond substituents is 1. The number of fused-ring (bicyclic) bond motifs is 4. The highest BCUT2D eigenvalue weighted by atomic mass is 35.5. The maximum absolute atomic E-state index is 15.3. The summed E-state index contributed by atoms with van der Waals surface area (Å²) in [5.74, 6) is -8.83. The molecule has 4 aliphatic rings. The van der Waals surface area contributed by atoms with Crippen molar-refractivity contribution in [3.05, 3.63) is 129 Å². The summed E-state index contributed by atoms with van der Waals surface area (Å²) >= 11 is 12.9. The quantitative estimate of drug-likeness (QED) is 0.157. The molecule has 10 nitrogen and oxygen atoms in total. The second-order valence-electron chi connectivity index (χ2n) is 13.3. The van der Waals surface area contributed by atoms with Crippen LogP contribution >= 0.6 is 23.2 Å². The number of imide groups is 2. The lowest BCUT2D eigenvalue weighted by atomic mass is 9.49. The van der Waals surface area contributed by atoms with E-state index in [0.717, 1.165) is 21.9 Å². The number of carbonyl (C=O) groups is 5. The molecular weight excluding hydrogens is 695 g/mol. The van der Waals surface area contributed by atoms with Gasteiger partial charge in [-0.05, 0) is 72.9 Å². The number of anilines is 2. The smallest absolute Gasteiger partial charge is 0.339 e. The predicted molar refractivity (Wildman–Crippen MR) is 187 cm³/mol. The van der Waals surface area contributed by atoms with Crippen LogP contribution in [0.4, 0.5) is 11.4 Å². The van der Waals surface area contributed by atoms with Gasteiger partial charge in [-0.1, -0.05) is 71.2 Å². The SMILES string of the molecule is O=C(O)c1ccc(N2C(=O)[C@H]3[C@H](CC=C4[C@H]3C[C@H]3C(=O)N(c5cccc(Cl)c5)C(=O)[C@@]3(c3ccccc3)[C@H]4c3cc(Cl)ccc3O)C2=O)cc1O. The van der Waals surface area contributed by atoms with E-state index in [1.54, 1.807) is 54.6 Å². The van der Waals surface area contributed by atoms with E-state index in [-0.39, 0.29) is 40.6 Å². The molecule has 6 atom stereocenters. The largest absolute Gasteiger partial charge is 0.508 e. The van der Waals surface area contributed by atoms with Gasteiger partial charge in [-0.2, -0.15) is 0 Å². The van der Waals surface area contributed by atoms with Crippen LogP contribution in [-0.4, -0.2) is 44.9 Å². The van der Waals surface area contributed by atoms with Gasteiger partial charge in [0.15, 0.2) is 0 Å². The number of rotatable bonds is 5. The van der Waals surface area contributed by atoms with Gasteiger partial charge in [0, 0.05) is 27.6 Å². The Labute approximate surface area is 301 Å². The molecule has 4 amide bonds. The molecule has 8 rings (SSSR count). The number of benzene rings is 4. The van der Waals surface area contributed by atoms with E-state index in [1.807, 2.05) is 6.08 Å². The lowest BCUT2D eigenvalue weighted by Crippen LogP contribution is -2.53. The normalized spacial score (nSPS) is 26.9. The Morgan fingerprint density at radius 1 is 0.725 bits per heavy atom. The number of carboxylic acids is 1. The third kappa shape index (κ3) is 4.66. The second kappa shape index (κ2) is 11.8. The van der Waals surface area contributed by atoms with Crippen molar-refractivity contribution in [2.24, 2.45) is 23.7 Å². The molecule has 0 radical (unpaired) electrons. The molecule has 3 fully saturated rings. The Morgan fingerprint density at radius 2 is 1.45 bits per heavy atom. The molecule has 0 bridgehead atoms. The van der Waals surface area contributed by atoms with Crippen molar-refractivity contribution in [1.82, 2.24) is 0 Å². The zero-order chi connectivity index (χ0) is 35.9. The molecule has 0 aromatic heterocycles. The van der Waals surface area contributed by atoms with Crippen LogP contribution in [-0.2, 0) is 24.6 Å². The number of halogens is 2. The fourth-order valence-electron chi connectivity index (χ4n) is 8.94. The van der Waals surface area contributed by atoms with Crippen LogP contribution < -0.4 is 9.80 Å². The van der Waals surface area contributed by atoms with Gasteiger partial charge in [0.1, 0.15) is 17.1 Å². The number of nitrogens with zero attached hydrogens (tertiary/aromatic N) is 2. The van der Waals surface area contributed by atoms with Crippen LogP contribution in [0.3, 0.4) is 0 Å². The molecule has 4 aromatic rings. The van der Waals surface area contributed by atoms with Crippen molar-refractivity contribution in [1.29, 1.82) is 0 Å². The first-order valence-electron chi connectivity index (χ1n) is 16.3. The standard InChI is InChI=1S/C39H28Cl2N2O8/c40-20-7-4-8-22(15-20)43-35(47)29-18-27-24(12-13-26-32(27)36(48)42(34(26)46)23-10-11-25(37(49)50)31(45)17-23)33(28-16-21(41)9-14-30(28)44)39(29,38(43)51)19-5-2-1-3-6-19/h1-12,14-17,26-27,29,32-33,44-45H,13,18H2,(H,49,50)/t26-,27+,29-,32-,33+,39+/m0/s1. The van der Waals surface area contributed by atoms with E-state index in [4.69, 9.17) is 23.2 Å². The minimum atomic E-state index is -1.60. The van der Waals surface area contributed by atoms with Gasteiger partial charge in [-0.25, -0.2) is 14.6 Å². The number of carbonyl (C=O) groups excluding carboxylic acids is 4. The highest BCUT2D eigenvalue weighted by molar-refractivity contribution is 6.32. The van der Waals surface area contributed by atoms with E-state index < -0.39 is 70.4 Å². The fourth-order valence-corrected chi connectivity index (χ4v) is 9.30. The molecule has 51 heavy (non-hydrogen) atoms. The number of aromatic hydroxyl groups is 2. The number of hydrogen-bond acceptors (Lipinski definition) is 7. The van der Waals surface area contributed by atoms with Gasteiger partial charge in [0.05, 0.1) is 34.5 Å². The molecule has 1 saturated carbocycles. The van der Waals surface area contributed by atoms with Gasteiger partial charge in [-0.15, -0.1) is 0 Å². The third-order valence-corrected chi connectivity index (χ3v) is 11.4. The Hall–Kier alpha value is -5.45. The molecule has 2 heterocycles. The average molecular weight is 724 g/mol. The highest BCUT2D eigenvalue weighted by Crippen LogP contribution is 2.65. The van der Waals surface area contributed by atoms with Crippen LogP contribution in [0.5, 0.6) is 11.5 Å². The van der Waals surface area contributed by atoms with Crippen LogP contribution in [0, 0.1) is 23.7 Å². The third-order valence-electron chi connectivity index (χ3n) is 10.9. The van der Waals surface area contributed by atoms with Crippen molar-refractivity contribution >= 4 is 64.2 Å². The summed E-state index contributed by atoms with van der Waals surface area (Å²) in [5, 5.41) is 31.9. The molecule has 2 saturated heterocycles. The van der Waals surface area contributed by atoms with Gasteiger partial charge in [0.2, 0.25) is 23.6 Å². The summed E-state index contributed by atoms with van der Waals surface area (Å²) in [7, 11) is 0. The lowest BCUT2D eigenvalue weighted by Gasteiger charge is -2.50. The fraction of sp³-hybridized carbons (Fsp3) is 0.205. The highest BCUT2D eigenvalue weighted by Gasteiger charge is 2.70. The van der Waals surface area contributed by atoms with Gasteiger partial charge < -0.3 is 15.3 Å². The van der Waals surface area contributed by atoms with Crippen LogP contribution in [0.25, 0.3) is 0 Å². The number of aromatic carboxylic acids is 1. The van der Waals surface area contributed by atoms with Crippen molar-refractivity contribution < 1.29 is 39.3 Å². The van der Waals surface area contributed by atoms with E-state index in [2.05, 4.69) is 0 Å². The Morgan fingerprint density at radius 3 is 2.16 bits per heavy atom. The topological polar surface area (TPSA) is 153 Å². The van der Waals surface area contributed by atoms with Crippen molar-refractivity contribution in [2.75, 3.05) is 9.80 Å². The molecule has 0 spiro atoms. The molecule has 3 N–H and O–H groups in total. The van der Waals surface area contributed by atoms with E-state index in [0.29, 0.717) is 21.7 Å². The van der Waals surface area contributed by atoms with Gasteiger partial charge in [0.25, 0.3) is 0 Å². The molecule has 2 aliphatic carbocycles. The van der Waals surface area contributed by atoms with Gasteiger partial charge in [-0.3, -0.25) is 19.2 Å². The zero-order valence-corrected chi connectivity index (χ0v) is 28.1. The van der Waals surface area contributed by atoms with E-state index >= 15 is 4.79 Å². The monoisotopic (exact) mass is 722 g/mol. The van der Waals surface area contributed by atoms with E-state index in [1.165, 1.54) is 24.3 Å². The number of allylic oxidation sites excluding steroid dienone is 2. The maximum Gasteiger partial charge on any atom is 0.339 e. The van der Waals surface area contributed by atoms with Crippen LogP contribution in [0.2, 0.25) is 10.0 Å². The van der Waals surface area contributed by atoms with Crippen molar-refractivity contribution in [2.45, 2.75) is 24.2 Å². The Balaban J connectivity index is 1.34. The number of carboxylic acid groups (broad SMARTS) is 1. The number of phenols is 2. The van der Waals surface area contributed by atoms with Crippen LogP contribution in [0.15, 0.2) is 103 Å². The molecular formula is C39H28Cl2N2O8. The minimum absolute atomic E-state index is 0.0150. The summed E-state index contributed by atoms with van der Waals surface area (Å²) in [6.45, 7) is 0. The molecule has 2 aliphatic heterocycles. The average Bonchev–Trinajstić information content (AvgIpc) is 3.50. The van der Waals surface area contributed by atoms with Gasteiger partial charge >= 0.3 is 5.97 Å². The Bertz CT molecular complexity index is 2240. The van der Waals surface area contributed by atoms with Crippen molar-refractivity contribution in [3.8, 4) is 11.5 Å². The first-order chi connectivity index (χ1) is 24.4. The summed E-state index contributed by atoms with van der Waals surface area (Å²) in [5.41, 5.74) is -0.246. The number of hydrogen-bond donors (Lipinski definition) is 3. The second-order valence-corrected chi connectivity index (χ2v) is 14.2. The van der Waals surface area contributed by atoms with Crippen molar-refractivity contribution in [3.63, 3.8) is 0 Å². The first kappa shape index (κ1) is 32.7. The van der Waals surface area contributed by atoms with E-state index in [9.17, 15) is 34.5 Å². The molecule has 12 heteroatoms. The lowest BCUT2D eigenvalue weighted by molar-refractivity contribution is -0.127. The first-order valence-corrected chi connectivity index (χ1v) is 17.0. The summed E-state index contributed by atoms with van der Waals surface area (Å²) < 4.78 is 0. The zero-order valence-electron chi connectivity index (χ0n) is 26.6. The molecule has 256 valence electrons. The molecule has 4 aromatic carbocycles. The van der Waals surface area contributed by atoms with Crippen LogP contribution in [0.1, 0.15) is 40.2 Å². The predicted octanol–water partition coefficient (Wildman–Crippen LogP) is 6.47. The summed E-state index contributed by atoms with van der Waals surface area (Å²) in [6.07, 6.45) is 1.99. The molecule has 0 unspecified atom stereocenters. The summed E-state index contributed by atoms with van der Waals surface area (Å²) in [4.78, 5) is 72.1. The minimum Gasteiger partial charge on any atom is -0.508 e. The maximum atomic E-state index is 15.3. The Kier molecular flexibility index (Phi) is 7.59. The number of amides is 4. The summed E-state index contributed by atoms with van der Waals surface area (Å²) in [6, 6.07) is 23.3.